The van der Waals surface area contributed by atoms with Gasteiger partial charge in [0.05, 0.1) is 19.7 Å². The van der Waals surface area contributed by atoms with Crippen LogP contribution in [-0.2, 0) is 17.8 Å². The molecule has 1 aromatic heterocycles. The van der Waals surface area contributed by atoms with Crippen LogP contribution in [0.1, 0.15) is 30.8 Å². The van der Waals surface area contributed by atoms with Crippen LogP contribution in [-0.4, -0.2) is 37.2 Å². The average Bonchev–Trinajstić information content (AvgIpc) is 2.88. The molecule has 0 amide bonds. The summed E-state index contributed by atoms with van der Waals surface area (Å²) in [4.78, 5) is 2.32. The van der Waals surface area contributed by atoms with E-state index in [0.717, 1.165) is 50.3 Å². The van der Waals surface area contributed by atoms with Gasteiger partial charge in [0.25, 0.3) is 0 Å². The fourth-order valence-electron chi connectivity index (χ4n) is 2.38. The quantitative estimate of drug-likeness (QED) is 0.834. The highest BCUT2D eigenvalue weighted by Gasteiger charge is 2.22. The molecule has 1 aromatic rings. The standard InChI is InChI=1S/C14H22N2O2/c1-16(12-6-7-17-10-12)9-14-5-4-13(18-14)8-15-11-2-3-11/h4-5,11-12,15H,2-3,6-10H2,1H3. The lowest BCUT2D eigenvalue weighted by Crippen LogP contribution is -2.31. The predicted molar refractivity (Wildman–Crippen MR) is 69.3 cm³/mol. The fourth-order valence-corrected chi connectivity index (χ4v) is 2.38. The minimum absolute atomic E-state index is 0.545. The molecule has 0 radical (unpaired) electrons. The molecular weight excluding hydrogens is 228 g/mol. The van der Waals surface area contributed by atoms with Gasteiger partial charge in [0, 0.05) is 18.7 Å². The van der Waals surface area contributed by atoms with Gasteiger partial charge in [-0.1, -0.05) is 0 Å². The van der Waals surface area contributed by atoms with Crippen LogP contribution in [0.5, 0.6) is 0 Å². The highest BCUT2D eigenvalue weighted by Crippen LogP contribution is 2.20. The summed E-state index contributed by atoms with van der Waals surface area (Å²) in [7, 11) is 2.14. The molecule has 3 rings (SSSR count). The van der Waals surface area contributed by atoms with Gasteiger partial charge in [0.1, 0.15) is 11.5 Å². The molecule has 1 N–H and O–H groups in total. The van der Waals surface area contributed by atoms with Crippen LogP contribution in [0.25, 0.3) is 0 Å². The zero-order chi connectivity index (χ0) is 12.4. The number of rotatable bonds is 6. The Hall–Kier alpha value is -0.840. The molecule has 1 saturated heterocycles. The summed E-state index contributed by atoms with van der Waals surface area (Å²) in [5.41, 5.74) is 0. The van der Waals surface area contributed by atoms with Crippen LogP contribution in [0.4, 0.5) is 0 Å². The second kappa shape index (κ2) is 5.43. The number of ether oxygens (including phenoxy) is 1. The molecule has 1 unspecified atom stereocenters. The van der Waals surface area contributed by atoms with E-state index in [9.17, 15) is 0 Å². The first-order chi connectivity index (χ1) is 8.81. The zero-order valence-electron chi connectivity index (χ0n) is 11.0. The maximum absolute atomic E-state index is 5.85. The molecule has 0 aromatic carbocycles. The summed E-state index contributed by atoms with van der Waals surface area (Å²) in [6.07, 6.45) is 3.77. The van der Waals surface area contributed by atoms with E-state index >= 15 is 0 Å². The van der Waals surface area contributed by atoms with Crippen LogP contribution in [0.3, 0.4) is 0 Å². The van der Waals surface area contributed by atoms with Crippen molar-refractivity contribution in [1.29, 1.82) is 0 Å². The molecular formula is C14H22N2O2. The van der Waals surface area contributed by atoms with Gasteiger partial charge in [-0.05, 0) is 38.4 Å². The van der Waals surface area contributed by atoms with Crippen molar-refractivity contribution in [2.75, 3.05) is 20.3 Å². The number of nitrogens with zero attached hydrogens (tertiary/aromatic N) is 1. The average molecular weight is 250 g/mol. The third-order valence-corrected chi connectivity index (χ3v) is 3.79. The van der Waals surface area contributed by atoms with Gasteiger partial charge in [-0.2, -0.15) is 0 Å². The van der Waals surface area contributed by atoms with Gasteiger partial charge in [0.15, 0.2) is 0 Å². The lowest BCUT2D eigenvalue weighted by Gasteiger charge is -2.21. The third-order valence-electron chi connectivity index (χ3n) is 3.79. The number of likely N-dealkylation sites (N-methyl/N-ethyl adjacent to an activating group) is 1. The van der Waals surface area contributed by atoms with Crippen LogP contribution >= 0.6 is 0 Å². The largest absolute Gasteiger partial charge is 0.463 e. The van der Waals surface area contributed by atoms with E-state index in [-0.39, 0.29) is 0 Å². The first-order valence-corrected chi connectivity index (χ1v) is 6.90. The molecule has 1 saturated carbocycles. The van der Waals surface area contributed by atoms with E-state index in [0.29, 0.717) is 6.04 Å². The predicted octanol–water partition coefficient (Wildman–Crippen LogP) is 1.75. The maximum atomic E-state index is 5.85. The first-order valence-electron chi connectivity index (χ1n) is 6.90. The Labute approximate surface area is 108 Å². The molecule has 2 aliphatic rings. The van der Waals surface area contributed by atoms with Gasteiger partial charge in [-0.3, -0.25) is 4.90 Å². The second-order valence-electron chi connectivity index (χ2n) is 5.46. The topological polar surface area (TPSA) is 37.6 Å². The highest BCUT2D eigenvalue weighted by atomic mass is 16.5. The molecule has 1 aliphatic carbocycles. The molecule has 4 nitrogen and oxygen atoms in total. The maximum Gasteiger partial charge on any atom is 0.118 e. The van der Waals surface area contributed by atoms with Crippen LogP contribution in [0.15, 0.2) is 16.5 Å². The Morgan fingerprint density at radius 1 is 1.28 bits per heavy atom. The highest BCUT2D eigenvalue weighted by molar-refractivity contribution is 5.07. The van der Waals surface area contributed by atoms with Crippen molar-refractivity contribution in [2.24, 2.45) is 0 Å². The summed E-state index contributed by atoms with van der Waals surface area (Å²) >= 11 is 0. The second-order valence-corrected chi connectivity index (χ2v) is 5.46. The van der Waals surface area contributed by atoms with Crippen molar-refractivity contribution in [1.82, 2.24) is 10.2 Å². The van der Waals surface area contributed by atoms with Gasteiger partial charge in [-0.15, -0.1) is 0 Å². The summed E-state index contributed by atoms with van der Waals surface area (Å²) in [5, 5.41) is 3.47. The van der Waals surface area contributed by atoms with Gasteiger partial charge in [-0.25, -0.2) is 0 Å². The van der Waals surface area contributed by atoms with E-state index in [2.05, 4.69) is 29.4 Å². The minimum Gasteiger partial charge on any atom is -0.463 e. The van der Waals surface area contributed by atoms with Gasteiger partial charge in [0.2, 0.25) is 0 Å². The molecule has 1 aliphatic heterocycles. The van der Waals surface area contributed by atoms with Gasteiger partial charge < -0.3 is 14.5 Å². The van der Waals surface area contributed by atoms with E-state index in [1.165, 1.54) is 12.8 Å². The minimum atomic E-state index is 0.545. The Kier molecular flexibility index (Phi) is 3.68. The van der Waals surface area contributed by atoms with Crippen LogP contribution in [0, 0.1) is 0 Å². The van der Waals surface area contributed by atoms with Gasteiger partial charge >= 0.3 is 0 Å². The monoisotopic (exact) mass is 250 g/mol. The molecule has 2 fully saturated rings. The smallest absolute Gasteiger partial charge is 0.118 e. The molecule has 0 bridgehead atoms. The summed E-state index contributed by atoms with van der Waals surface area (Å²) in [5.74, 6) is 2.10. The van der Waals surface area contributed by atoms with E-state index in [1.807, 2.05) is 0 Å². The van der Waals surface area contributed by atoms with Crippen molar-refractivity contribution >= 4 is 0 Å². The van der Waals surface area contributed by atoms with E-state index in [1.54, 1.807) is 0 Å². The number of furan rings is 1. The van der Waals surface area contributed by atoms with Crippen molar-refractivity contribution in [3.8, 4) is 0 Å². The Morgan fingerprint density at radius 3 is 2.83 bits per heavy atom. The molecule has 0 spiro atoms. The summed E-state index contributed by atoms with van der Waals surface area (Å²) < 4.78 is 11.3. The Balaban J connectivity index is 1.48. The molecule has 100 valence electrons. The van der Waals surface area contributed by atoms with E-state index in [4.69, 9.17) is 9.15 Å². The van der Waals surface area contributed by atoms with Crippen molar-refractivity contribution < 1.29 is 9.15 Å². The lowest BCUT2D eigenvalue weighted by atomic mass is 10.2. The molecule has 2 heterocycles. The Bertz CT molecular complexity index is 381. The number of nitrogens with one attached hydrogen (secondary N) is 1. The van der Waals surface area contributed by atoms with Crippen molar-refractivity contribution in [2.45, 2.75) is 44.4 Å². The van der Waals surface area contributed by atoms with E-state index < -0.39 is 0 Å². The van der Waals surface area contributed by atoms with Crippen LogP contribution in [0.2, 0.25) is 0 Å². The number of hydrogen-bond donors (Lipinski definition) is 1. The lowest BCUT2D eigenvalue weighted by molar-refractivity contribution is 0.151. The third kappa shape index (κ3) is 3.13. The first kappa shape index (κ1) is 12.2. The molecule has 4 heteroatoms. The van der Waals surface area contributed by atoms with Crippen LogP contribution < -0.4 is 5.32 Å². The fraction of sp³-hybridized carbons (Fsp3) is 0.714. The summed E-state index contributed by atoms with van der Waals surface area (Å²) in [6.45, 7) is 3.48. The Morgan fingerprint density at radius 2 is 2.11 bits per heavy atom. The molecule has 1 atom stereocenters. The van der Waals surface area contributed by atoms with Crippen molar-refractivity contribution in [3.63, 3.8) is 0 Å². The SMILES string of the molecule is CN(Cc1ccc(CNC2CC2)o1)C1CCOC1. The van der Waals surface area contributed by atoms with Crippen molar-refractivity contribution in [3.05, 3.63) is 23.7 Å². The molecule has 18 heavy (non-hydrogen) atoms. The summed E-state index contributed by atoms with van der Waals surface area (Å²) in [6, 6.07) is 5.46. The number of hydrogen-bond acceptors (Lipinski definition) is 4. The normalized spacial score (nSPS) is 24.0. The zero-order valence-corrected chi connectivity index (χ0v) is 11.0.